The van der Waals surface area contributed by atoms with Crippen LogP contribution in [-0.4, -0.2) is 18.4 Å². The van der Waals surface area contributed by atoms with E-state index in [4.69, 9.17) is 14.0 Å². The van der Waals surface area contributed by atoms with Gasteiger partial charge in [-0.2, -0.15) is 0 Å². The van der Waals surface area contributed by atoms with Crippen molar-refractivity contribution in [2.75, 3.05) is 13.2 Å². The summed E-state index contributed by atoms with van der Waals surface area (Å²) in [7, 11) is 0. The van der Waals surface area contributed by atoms with Crippen molar-refractivity contribution < 1.29 is 14.0 Å². The van der Waals surface area contributed by atoms with Crippen molar-refractivity contribution in [3.05, 3.63) is 41.8 Å². The molecule has 1 atom stereocenters. The van der Waals surface area contributed by atoms with Crippen molar-refractivity contribution >= 4 is 0 Å². The topological polar surface area (TPSA) is 56.5 Å². The molecule has 0 radical (unpaired) electrons. The van der Waals surface area contributed by atoms with Crippen LogP contribution in [0.5, 0.6) is 11.5 Å². The fraction of sp³-hybridized carbons (Fsp3) is 0.400. The molecule has 0 spiro atoms. The van der Waals surface area contributed by atoms with Gasteiger partial charge >= 0.3 is 0 Å². The van der Waals surface area contributed by atoms with Crippen LogP contribution in [0.4, 0.5) is 0 Å². The van der Waals surface area contributed by atoms with E-state index in [-0.39, 0.29) is 6.04 Å². The Morgan fingerprint density at radius 1 is 1.20 bits per heavy atom. The van der Waals surface area contributed by atoms with Crippen molar-refractivity contribution in [1.29, 1.82) is 0 Å². The maximum Gasteiger partial charge on any atom is 0.161 e. The van der Waals surface area contributed by atoms with Crippen molar-refractivity contribution in [3.8, 4) is 11.5 Å². The maximum absolute atomic E-state index is 5.71. The zero-order chi connectivity index (χ0) is 13.8. The van der Waals surface area contributed by atoms with Gasteiger partial charge in [-0.3, -0.25) is 0 Å². The van der Waals surface area contributed by atoms with Gasteiger partial charge in [-0.1, -0.05) is 11.2 Å². The summed E-state index contributed by atoms with van der Waals surface area (Å²) in [5.41, 5.74) is 2.06. The second kappa shape index (κ2) is 5.96. The highest BCUT2D eigenvalue weighted by atomic mass is 16.5. The van der Waals surface area contributed by atoms with Crippen molar-refractivity contribution in [2.24, 2.45) is 0 Å². The molecule has 0 saturated heterocycles. The summed E-state index contributed by atoms with van der Waals surface area (Å²) >= 11 is 0. The number of benzene rings is 1. The van der Waals surface area contributed by atoms with Crippen LogP contribution < -0.4 is 14.8 Å². The third kappa shape index (κ3) is 2.93. The molecule has 1 aromatic carbocycles. The highest BCUT2D eigenvalue weighted by molar-refractivity contribution is 5.44. The first-order chi connectivity index (χ1) is 9.83. The zero-order valence-electron chi connectivity index (χ0n) is 11.5. The molecule has 1 aromatic heterocycles. The first kappa shape index (κ1) is 13.0. The second-order valence-electron chi connectivity index (χ2n) is 4.85. The van der Waals surface area contributed by atoms with Gasteiger partial charge in [-0.25, -0.2) is 0 Å². The lowest BCUT2D eigenvalue weighted by atomic mass is 10.1. The zero-order valence-corrected chi connectivity index (χ0v) is 11.5. The molecule has 0 fully saturated rings. The molecule has 2 heterocycles. The number of nitrogens with one attached hydrogen (secondary N) is 1. The number of rotatable bonds is 4. The Morgan fingerprint density at radius 3 is 2.85 bits per heavy atom. The summed E-state index contributed by atoms with van der Waals surface area (Å²) < 4.78 is 16.2. The third-order valence-corrected chi connectivity index (χ3v) is 3.35. The summed E-state index contributed by atoms with van der Waals surface area (Å²) in [5.74, 6) is 1.66. The molecule has 1 unspecified atom stereocenters. The fourth-order valence-electron chi connectivity index (χ4n) is 2.15. The van der Waals surface area contributed by atoms with Gasteiger partial charge in [0.2, 0.25) is 0 Å². The van der Waals surface area contributed by atoms with Gasteiger partial charge in [0.25, 0.3) is 0 Å². The molecule has 0 bridgehead atoms. The molecular formula is C15H18N2O3. The first-order valence-corrected chi connectivity index (χ1v) is 6.85. The maximum atomic E-state index is 5.71. The van der Waals surface area contributed by atoms with E-state index in [9.17, 15) is 0 Å². The van der Waals surface area contributed by atoms with Gasteiger partial charge in [0.1, 0.15) is 6.26 Å². The van der Waals surface area contributed by atoms with E-state index in [1.807, 2.05) is 18.2 Å². The summed E-state index contributed by atoms with van der Waals surface area (Å²) in [4.78, 5) is 0. The average molecular weight is 274 g/mol. The Kier molecular flexibility index (Phi) is 3.87. The molecule has 0 amide bonds. The minimum Gasteiger partial charge on any atom is -0.490 e. The molecule has 106 valence electrons. The summed E-state index contributed by atoms with van der Waals surface area (Å²) in [6.07, 6.45) is 2.50. The highest BCUT2D eigenvalue weighted by Crippen LogP contribution is 2.32. The van der Waals surface area contributed by atoms with Crippen molar-refractivity contribution in [2.45, 2.75) is 25.9 Å². The van der Waals surface area contributed by atoms with Crippen LogP contribution in [0.2, 0.25) is 0 Å². The quantitative estimate of drug-likeness (QED) is 0.929. The standard InChI is InChI=1S/C15H18N2O3/c1-11(16-10-13-5-8-20-17-13)12-3-4-14-15(9-12)19-7-2-6-18-14/h3-5,8-9,11,16H,2,6-7,10H2,1H3. The van der Waals surface area contributed by atoms with Gasteiger partial charge in [0, 0.05) is 25.1 Å². The minimum absolute atomic E-state index is 0.198. The van der Waals surface area contributed by atoms with Crippen LogP contribution in [0.25, 0.3) is 0 Å². The Balaban J connectivity index is 1.68. The monoisotopic (exact) mass is 274 g/mol. The lowest BCUT2D eigenvalue weighted by Gasteiger charge is -2.15. The number of aromatic nitrogens is 1. The highest BCUT2D eigenvalue weighted by Gasteiger charge is 2.13. The van der Waals surface area contributed by atoms with E-state index < -0.39 is 0 Å². The lowest BCUT2D eigenvalue weighted by Crippen LogP contribution is -2.18. The van der Waals surface area contributed by atoms with Crippen LogP contribution in [0.1, 0.15) is 30.6 Å². The van der Waals surface area contributed by atoms with Crippen LogP contribution in [0.3, 0.4) is 0 Å². The molecule has 0 saturated carbocycles. The van der Waals surface area contributed by atoms with Gasteiger partial charge in [-0.15, -0.1) is 0 Å². The number of ether oxygens (including phenoxy) is 2. The number of hydrogen-bond acceptors (Lipinski definition) is 5. The van der Waals surface area contributed by atoms with E-state index in [1.165, 1.54) is 0 Å². The molecule has 0 aliphatic carbocycles. The lowest BCUT2D eigenvalue weighted by molar-refractivity contribution is 0.297. The number of hydrogen-bond donors (Lipinski definition) is 1. The predicted octanol–water partition coefficient (Wildman–Crippen LogP) is 2.69. The largest absolute Gasteiger partial charge is 0.490 e. The van der Waals surface area contributed by atoms with Crippen molar-refractivity contribution in [1.82, 2.24) is 10.5 Å². The van der Waals surface area contributed by atoms with Gasteiger partial charge in [0.15, 0.2) is 11.5 Å². The van der Waals surface area contributed by atoms with E-state index in [2.05, 4.69) is 23.5 Å². The molecule has 3 rings (SSSR count). The molecule has 5 nitrogen and oxygen atoms in total. The Hall–Kier alpha value is -2.01. The number of nitrogens with zero attached hydrogens (tertiary/aromatic N) is 1. The molecule has 1 N–H and O–H groups in total. The molecule has 1 aliphatic heterocycles. The van der Waals surface area contributed by atoms with Gasteiger partial charge < -0.3 is 19.3 Å². The van der Waals surface area contributed by atoms with Gasteiger partial charge in [-0.05, 0) is 24.6 Å². The van der Waals surface area contributed by atoms with Crippen LogP contribution >= 0.6 is 0 Å². The Morgan fingerprint density at radius 2 is 2.05 bits per heavy atom. The predicted molar refractivity (Wildman–Crippen MR) is 73.8 cm³/mol. The van der Waals surface area contributed by atoms with E-state index in [1.54, 1.807) is 6.26 Å². The molecule has 2 aromatic rings. The third-order valence-electron chi connectivity index (χ3n) is 3.35. The fourth-order valence-corrected chi connectivity index (χ4v) is 2.15. The SMILES string of the molecule is CC(NCc1ccon1)c1ccc2c(c1)OCCCO2. The molecule has 20 heavy (non-hydrogen) atoms. The number of fused-ring (bicyclic) bond motifs is 1. The van der Waals surface area contributed by atoms with E-state index in [0.29, 0.717) is 19.8 Å². The molecule has 1 aliphatic rings. The van der Waals surface area contributed by atoms with Crippen LogP contribution in [-0.2, 0) is 6.54 Å². The summed E-state index contributed by atoms with van der Waals surface area (Å²) in [5, 5.41) is 7.29. The Bertz CT molecular complexity index is 554. The molecule has 5 heteroatoms. The van der Waals surface area contributed by atoms with E-state index >= 15 is 0 Å². The van der Waals surface area contributed by atoms with Crippen LogP contribution in [0, 0.1) is 0 Å². The smallest absolute Gasteiger partial charge is 0.161 e. The minimum atomic E-state index is 0.198. The summed E-state index contributed by atoms with van der Waals surface area (Å²) in [6.45, 7) is 4.20. The molecular weight excluding hydrogens is 256 g/mol. The van der Waals surface area contributed by atoms with Crippen molar-refractivity contribution in [3.63, 3.8) is 0 Å². The van der Waals surface area contributed by atoms with Crippen LogP contribution in [0.15, 0.2) is 35.1 Å². The normalized spacial score (nSPS) is 15.7. The Labute approximate surface area is 117 Å². The first-order valence-electron chi connectivity index (χ1n) is 6.85. The average Bonchev–Trinajstić information content (AvgIpc) is 2.88. The van der Waals surface area contributed by atoms with E-state index in [0.717, 1.165) is 29.2 Å². The second-order valence-corrected chi connectivity index (χ2v) is 4.85. The van der Waals surface area contributed by atoms with Gasteiger partial charge in [0.05, 0.1) is 18.9 Å². The summed E-state index contributed by atoms with van der Waals surface area (Å²) in [6, 6.07) is 8.14.